The first-order chi connectivity index (χ1) is 30.7. The SMILES string of the molecule is c1ccc(-c2cc(-c3cc(-c4cccc(C5(c6ccccc6)c6ccccc6-c6ccccc65)c4)nc(-c4ccccc4)n3)cc(-c3cccc4c3oc3ccccc34)c2)cc1. The van der Waals surface area contributed by atoms with Gasteiger partial charge in [0.1, 0.15) is 11.2 Å². The number of nitrogens with zero attached hydrogens (tertiary/aromatic N) is 2. The third kappa shape index (κ3) is 5.74. The molecule has 3 nitrogen and oxygen atoms in total. The van der Waals surface area contributed by atoms with Crippen molar-refractivity contribution in [2.45, 2.75) is 5.41 Å². The Morgan fingerprint density at radius 1 is 0.323 bits per heavy atom. The lowest BCUT2D eigenvalue weighted by molar-refractivity contribution is 0.670. The van der Waals surface area contributed by atoms with Gasteiger partial charge in [-0.05, 0) is 86.5 Å². The first kappa shape index (κ1) is 35.8. The Bertz CT molecular complexity index is 3420. The Morgan fingerprint density at radius 3 is 1.58 bits per heavy atom. The summed E-state index contributed by atoms with van der Waals surface area (Å²) >= 11 is 0. The number of hydrogen-bond donors (Lipinski definition) is 0. The molecule has 1 aliphatic rings. The number of para-hydroxylation sites is 2. The van der Waals surface area contributed by atoms with Crippen LogP contribution in [0.25, 0.3) is 89.2 Å². The van der Waals surface area contributed by atoms with Gasteiger partial charge in [0.25, 0.3) is 0 Å². The summed E-state index contributed by atoms with van der Waals surface area (Å²) < 4.78 is 6.59. The highest BCUT2D eigenvalue weighted by Gasteiger charge is 2.45. The van der Waals surface area contributed by atoms with Crippen molar-refractivity contribution in [3.8, 4) is 67.3 Å². The average Bonchev–Trinajstić information content (AvgIpc) is 3.89. The maximum Gasteiger partial charge on any atom is 0.160 e. The van der Waals surface area contributed by atoms with Gasteiger partial charge in [-0.25, -0.2) is 9.97 Å². The van der Waals surface area contributed by atoms with Gasteiger partial charge < -0.3 is 4.42 Å². The quantitative estimate of drug-likeness (QED) is 0.161. The van der Waals surface area contributed by atoms with Crippen molar-refractivity contribution in [1.82, 2.24) is 9.97 Å². The predicted molar refractivity (Wildman–Crippen MR) is 254 cm³/mol. The molecule has 0 aliphatic heterocycles. The minimum atomic E-state index is -0.529. The molecule has 12 rings (SSSR count). The lowest BCUT2D eigenvalue weighted by Crippen LogP contribution is -2.28. The fraction of sp³-hybridized carbons (Fsp3) is 0.0169. The van der Waals surface area contributed by atoms with Gasteiger partial charge in [0.2, 0.25) is 0 Å². The van der Waals surface area contributed by atoms with Crippen LogP contribution in [0.4, 0.5) is 0 Å². The van der Waals surface area contributed by atoms with E-state index in [0.717, 1.165) is 72.3 Å². The summed E-state index contributed by atoms with van der Waals surface area (Å²) in [7, 11) is 0. The summed E-state index contributed by atoms with van der Waals surface area (Å²) in [6.07, 6.45) is 0. The second-order valence-electron chi connectivity index (χ2n) is 16.1. The molecule has 0 radical (unpaired) electrons. The zero-order valence-corrected chi connectivity index (χ0v) is 33.7. The summed E-state index contributed by atoms with van der Waals surface area (Å²) in [5, 5.41) is 2.21. The van der Waals surface area contributed by atoms with E-state index in [2.05, 4.69) is 200 Å². The zero-order chi connectivity index (χ0) is 41.0. The van der Waals surface area contributed by atoms with Gasteiger partial charge in [0.05, 0.1) is 16.8 Å². The molecule has 62 heavy (non-hydrogen) atoms. The lowest BCUT2D eigenvalue weighted by Gasteiger charge is -2.34. The maximum absolute atomic E-state index is 6.59. The Hall–Kier alpha value is -8.14. The Morgan fingerprint density at radius 2 is 0.839 bits per heavy atom. The van der Waals surface area contributed by atoms with Crippen LogP contribution in [0.3, 0.4) is 0 Å². The van der Waals surface area contributed by atoms with Crippen molar-refractivity contribution >= 4 is 21.9 Å². The van der Waals surface area contributed by atoms with Gasteiger partial charge in [0, 0.05) is 33.0 Å². The van der Waals surface area contributed by atoms with Crippen molar-refractivity contribution in [2.75, 3.05) is 0 Å². The highest BCUT2D eigenvalue weighted by atomic mass is 16.3. The summed E-state index contributed by atoms with van der Waals surface area (Å²) in [5.41, 5.74) is 17.7. The van der Waals surface area contributed by atoms with Crippen LogP contribution in [0.2, 0.25) is 0 Å². The molecule has 2 heterocycles. The van der Waals surface area contributed by atoms with Crippen molar-refractivity contribution in [1.29, 1.82) is 0 Å². The number of benzene rings is 9. The molecule has 0 unspecified atom stereocenters. The fourth-order valence-corrected chi connectivity index (χ4v) is 9.79. The Labute approximate surface area is 360 Å². The third-order valence-electron chi connectivity index (χ3n) is 12.6. The van der Waals surface area contributed by atoms with E-state index in [-0.39, 0.29) is 0 Å². The summed E-state index contributed by atoms with van der Waals surface area (Å²) in [6, 6.07) is 82.2. The van der Waals surface area contributed by atoms with Crippen LogP contribution in [0.1, 0.15) is 22.3 Å². The molecule has 11 aromatic rings. The molecule has 9 aromatic carbocycles. The van der Waals surface area contributed by atoms with E-state index in [4.69, 9.17) is 14.4 Å². The van der Waals surface area contributed by atoms with Crippen molar-refractivity contribution in [3.63, 3.8) is 0 Å². The van der Waals surface area contributed by atoms with Gasteiger partial charge >= 0.3 is 0 Å². The molecule has 0 amide bonds. The van der Waals surface area contributed by atoms with Gasteiger partial charge in [0.15, 0.2) is 5.82 Å². The molecule has 0 fully saturated rings. The van der Waals surface area contributed by atoms with Crippen molar-refractivity contribution in [2.24, 2.45) is 0 Å². The molecule has 1 aliphatic carbocycles. The van der Waals surface area contributed by atoms with Crippen LogP contribution < -0.4 is 0 Å². The molecule has 0 saturated carbocycles. The van der Waals surface area contributed by atoms with Crippen molar-refractivity contribution in [3.05, 3.63) is 253 Å². The highest BCUT2D eigenvalue weighted by Crippen LogP contribution is 2.56. The fourth-order valence-electron chi connectivity index (χ4n) is 9.79. The first-order valence-electron chi connectivity index (χ1n) is 21.1. The molecule has 0 spiro atoms. The summed E-state index contributed by atoms with van der Waals surface area (Å²) in [4.78, 5) is 10.7. The minimum absolute atomic E-state index is 0.529. The molecule has 0 saturated heterocycles. The molecule has 3 heteroatoms. The number of hydrogen-bond acceptors (Lipinski definition) is 3. The summed E-state index contributed by atoms with van der Waals surface area (Å²) in [5.74, 6) is 0.670. The largest absolute Gasteiger partial charge is 0.455 e. The Balaban J connectivity index is 1.08. The second kappa shape index (κ2) is 14.5. The lowest BCUT2D eigenvalue weighted by atomic mass is 9.67. The normalized spacial score (nSPS) is 12.6. The number of rotatable bonds is 7. The van der Waals surface area contributed by atoms with E-state index in [1.165, 1.54) is 33.4 Å². The van der Waals surface area contributed by atoms with E-state index < -0.39 is 5.41 Å². The monoisotopic (exact) mass is 790 g/mol. The van der Waals surface area contributed by atoms with Crippen LogP contribution in [0.15, 0.2) is 235 Å². The van der Waals surface area contributed by atoms with Crippen LogP contribution in [0, 0.1) is 0 Å². The topological polar surface area (TPSA) is 38.9 Å². The van der Waals surface area contributed by atoms with Gasteiger partial charge in [-0.3, -0.25) is 0 Å². The second-order valence-corrected chi connectivity index (χ2v) is 16.1. The van der Waals surface area contributed by atoms with E-state index in [1.807, 2.05) is 30.3 Å². The average molecular weight is 791 g/mol. The maximum atomic E-state index is 6.59. The van der Waals surface area contributed by atoms with Gasteiger partial charge in [-0.2, -0.15) is 0 Å². The number of aromatic nitrogens is 2. The zero-order valence-electron chi connectivity index (χ0n) is 33.7. The smallest absolute Gasteiger partial charge is 0.160 e. The van der Waals surface area contributed by atoms with Gasteiger partial charge in [-0.15, -0.1) is 0 Å². The van der Waals surface area contributed by atoms with Crippen LogP contribution in [0.5, 0.6) is 0 Å². The molecule has 2 aromatic heterocycles. The molecular formula is C59H38N2O. The third-order valence-corrected chi connectivity index (χ3v) is 12.6. The van der Waals surface area contributed by atoms with Crippen molar-refractivity contribution < 1.29 is 4.42 Å². The standard InChI is InChI=1S/C59H38N2O/c1-4-18-39(19-5-1)42-34-43(47-29-17-30-51-50-28-12-15-33-56(50)62-57(47)51)36-44(35-42)55-38-54(60-58(61-55)40-20-6-2-7-21-40)41-22-16-25-46(37-41)59(45-23-8-3-9-24-45)52-31-13-10-26-48(52)49-27-11-14-32-53(49)59/h1-38H. The van der Waals surface area contributed by atoms with Gasteiger partial charge in [-0.1, -0.05) is 194 Å². The van der Waals surface area contributed by atoms with E-state index in [1.54, 1.807) is 0 Å². The number of furan rings is 1. The molecular weight excluding hydrogens is 753 g/mol. The van der Waals surface area contributed by atoms with E-state index in [0.29, 0.717) is 5.82 Å². The molecule has 0 atom stereocenters. The van der Waals surface area contributed by atoms with Crippen LogP contribution >= 0.6 is 0 Å². The first-order valence-corrected chi connectivity index (χ1v) is 21.1. The van der Waals surface area contributed by atoms with Crippen LogP contribution in [-0.4, -0.2) is 9.97 Å². The minimum Gasteiger partial charge on any atom is -0.455 e. The predicted octanol–water partition coefficient (Wildman–Crippen LogP) is 15.1. The molecule has 290 valence electrons. The Kier molecular flexibility index (Phi) is 8.39. The number of fused-ring (bicyclic) bond motifs is 6. The summed E-state index contributed by atoms with van der Waals surface area (Å²) in [6.45, 7) is 0. The highest BCUT2D eigenvalue weighted by molar-refractivity contribution is 6.10. The van der Waals surface area contributed by atoms with Crippen LogP contribution in [-0.2, 0) is 5.41 Å². The van der Waals surface area contributed by atoms with E-state index >= 15 is 0 Å². The molecule has 0 N–H and O–H groups in total. The van der Waals surface area contributed by atoms with E-state index in [9.17, 15) is 0 Å². The molecule has 0 bridgehead atoms.